The maximum absolute atomic E-state index is 13.1. The smallest absolute Gasteiger partial charge is 0.230 e. The molecule has 1 saturated heterocycles. The normalized spacial score (nSPS) is 24.9. The van der Waals surface area contributed by atoms with Crippen molar-refractivity contribution in [3.63, 3.8) is 0 Å². The fourth-order valence-electron chi connectivity index (χ4n) is 4.18. The van der Waals surface area contributed by atoms with Crippen molar-refractivity contribution in [1.82, 2.24) is 10.2 Å². The second-order valence-corrected chi connectivity index (χ2v) is 7.45. The molecule has 1 aliphatic heterocycles. The van der Waals surface area contributed by atoms with Crippen LogP contribution in [0.15, 0.2) is 24.3 Å². The fourth-order valence-corrected chi connectivity index (χ4v) is 4.18. The quantitative estimate of drug-likeness (QED) is 0.899. The lowest BCUT2D eigenvalue weighted by Crippen LogP contribution is -2.63. The number of hydrogen-bond acceptors (Lipinski definition) is 3. The van der Waals surface area contributed by atoms with E-state index in [1.54, 1.807) is 12.1 Å². The Morgan fingerprint density at radius 1 is 1.12 bits per heavy atom. The third-order valence-electron chi connectivity index (χ3n) is 6.13. The third kappa shape index (κ3) is 2.74. The third-order valence-corrected chi connectivity index (χ3v) is 6.13. The van der Waals surface area contributed by atoms with Crippen LogP contribution < -0.4 is 5.32 Å². The van der Waals surface area contributed by atoms with Gasteiger partial charge in [-0.2, -0.15) is 0 Å². The van der Waals surface area contributed by atoms with Gasteiger partial charge in [0.2, 0.25) is 5.91 Å². The van der Waals surface area contributed by atoms with E-state index >= 15 is 0 Å². The molecule has 1 N–H and O–H groups in total. The van der Waals surface area contributed by atoms with Crippen LogP contribution in [0.3, 0.4) is 0 Å². The zero-order valence-electron chi connectivity index (χ0n) is 14.0. The Hall–Kier alpha value is -1.46. The average Bonchev–Trinajstić information content (AvgIpc) is 3.37. The molecule has 2 saturated carbocycles. The number of ether oxygens (including phenoxy) is 1. The van der Waals surface area contributed by atoms with E-state index in [9.17, 15) is 9.18 Å². The number of carbonyl (C=O) groups is 1. The van der Waals surface area contributed by atoms with Crippen molar-refractivity contribution in [1.29, 1.82) is 0 Å². The largest absolute Gasteiger partial charge is 0.379 e. The molecule has 4 rings (SSSR count). The summed E-state index contributed by atoms with van der Waals surface area (Å²) in [7, 11) is 0. The minimum Gasteiger partial charge on any atom is -0.379 e. The van der Waals surface area contributed by atoms with Crippen LogP contribution in [0.1, 0.15) is 37.7 Å². The number of morpholine rings is 1. The molecule has 3 fully saturated rings. The molecule has 0 spiro atoms. The van der Waals surface area contributed by atoms with E-state index in [1.165, 1.54) is 18.6 Å². The zero-order chi connectivity index (χ0) is 16.6. The van der Waals surface area contributed by atoms with Gasteiger partial charge in [-0.3, -0.25) is 9.69 Å². The number of hydrogen-bond donors (Lipinski definition) is 1. The Bertz CT molecular complexity index is 602. The number of nitrogens with one attached hydrogen (secondary N) is 1. The van der Waals surface area contributed by atoms with E-state index in [4.69, 9.17) is 4.74 Å². The molecule has 1 amide bonds. The summed E-state index contributed by atoms with van der Waals surface area (Å²) in [6.07, 6.45) is 5.24. The number of halogens is 1. The highest BCUT2D eigenvalue weighted by Crippen LogP contribution is 2.48. The van der Waals surface area contributed by atoms with E-state index < -0.39 is 5.41 Å². The minimum atomic E-state index is -0.427. The molecule has 0 unspecified atom stereocenters. The summed E-state index contributed by atoms with van der Waals surface area (Å²) >= 11 is 0. The molecule has 0 atom stereocenters. The van der Waals surface area contributed by atoms with Crippen molar-refractivity contribution in [2.24, 2.45) is 0 Å². The maximum Gasteiger partial charge on any atom is 0.230 e. The van der Waals surface area contributed by atoms with Gasteiger partial charge in [0.1, 0.15) is 5.82 Å². The summed E-state index contributed by atoms with van der Waals surface area (Å²) in [5.74, 6) is -0.149. The lowest BCUT2D eigenvalue weighted by atomic mass is 9.74. The Morgan fingerprint density at radius 3 is 2.33 bits per heavy atom. The van der Waals surface area contributed by atoms with Crippen molar-refractivity contribution in [3.8, 4) is 0 Å². The monoisotopic (exact) mass is 332 g/mol. The van der Waals surface area contributed by atoms with Gasteiger partial charge in [0.25, 0.3) is 0 Å². The maximum atomic E-state index is 13.1. The number of benzene rings is 1. The molecular weight excluding hydrogens is 307 g/mol. The first-order chi connectivity index (χ1) is 11.6. The van der Waals surface area contributed by atoms with Crippen molar-refractivity contribution >= 4 is 5.91 Å². The summed E-state index contributed by atoms with van der Waals surface area (Å²) in [5, 5.41) is 3.22. The fraction of sp³-hybridized carbons (Fsp3) is 0.632. The van der Waals surface area contributed by atoms with E-state index in [-0.39, 0.29) is 17.3 Å². The standard InChI is InChI=1S/C19H25FN2O2/c20-16-4-2-15(3-5-16)19(8-9-19)17(23)21-14-18(6-1-7-18)22-10-12-24-13-11-22/h2-5H,1,6-14H2,(H,21,23). The Labute approximate surface area is 142 Å². The predicted molar refractivity (Wildman–Crippen MR) is 89.3 cm³/mol. The highest BCUT2D eigenvalue weighted by Gasteiger charge is 2.52. The van der Waals surface area contributed by atoms with Crippen LogP contribution in [-0.2, 0) is 14.9 Å². The molecule has 0 radical (unpaired) electrons. The van der Waals surface area contributed by atoms with Gasteiger partial charge in [-0.25, -0.2) is 4.39 Å². The van der Waals surface area contributed by atoms with Crippen molar-refractivity contribution < 1.29 is 13.9 Å². The molecular formula is C19H25FN2O2. The van der Waals surface area contributed by atoms with Gasteiger partial charge >= 0.3 is 0 Å². The van der Waals surface area contributed by atoms with E-state index in [1.807, 2.05) is 0 Å². The van der Waals surface area contributed by atoms with Crippen LogP contribution in [0.4, 0.5) is 4.39 Å². The highest BCUT2D eigenvalue weighted by molar-refractivity contribution is 5.91. The molecule has 0 bridgehead atoms. The summed E-state index contributed by atoms with van der Waals surface area (Å²) < 4.78 is 18.6. The van der Waals surface area contributed by atoms with Gasteiger partial charge in [-0.15, -0.1) is 0 Å². The van der Waals surface area contributed by atoms with E-state index in [2.05, 4.69) is 10.2 Å². The highest BCUT2D eigenvalue weighted by atomic mass is 19.1. The van der Waals surface area contributed by atoms with Crippen LogP contribution in [0.5, 0.6) is 0 Å². The average molecular weight is 332 g/mol. The second-order valence-electron chi connectivity index (χ2n) is 7.45. The number of nitrogens with zero attached hydrogens (tertiary/aromatic N) is 1. The van der Waals surface area contributed by atoms with Gasteiger partial charge < -0.3 is 10.1 Å². The van der Waals surface area contributed by atoms with Gasteiger partial charge in [0.15, 0.2) is 0 Å². The van der Waals surface area contributed by atoms with E-state index in [0.29, 0.717) is 0 Å². The molecule has 1 aromatic carbocycles. The van der Waals surface area contributed by atoms with Crippen molar-refractivity contribution in [3.05, 3.63) is 35.6 Å². The Kier molecular flexibility index (Phi) is 4.09. The Balaban J connectivity index is 1.41. The van der Waals surface area contributed by atoms with Gasteiger partial charge in [0.05, 0.1) is 18.6 Å². The van der Waals surface area contributed by atoms with Crippen LogP contribution in [0.2, 0.25) is 0 Å². The lowest BCUT2D eigenvalue weighted by molar-refractivity contribution is -0.125. The first-order valence-electron chi connectivity index (χ1n) is 9.02. The summed E-state index contributed by atoms with van der Waals surface area (Å²) in [4.78, 5) is 15.3. The second kappa shape index (κ2) is 6.12. The topological polar surface area (TPSA) is 41.6 Å². The summed E-state index contributed by atoms with van der Waals surface area (Å²) in [6.45, 7) is 4.21. The molecule has 4 nitrogen and oxygen atoms in total. The number of rotatable bonds is 5. The SMILES string of the molecule is O=C(NCC1(N2CCOCC2)CCC1)C1(c2ccc(F)cc2)CC1. The van der Waals surface area contributed by atoms with Gasteiger partial charge in [0, 0.05) is 25.2 Å². The molecule has 2 aliphatic carbocycles. The summed E-state index contributed by atoms with van der Waals surface area (Å²) in [5.41, 5.74) is 0.637. The van der Waals surface area contributed by atoms with Crippen molar-refractivity contribution in [2.45, 2.75) is 43.1 Å². The zero-order valence-corrected chi connectivity index (χ0v) is 14.0. The van der Waals surface area contributed by atoms with Gasteiger partial charge in [-0.1, -0.05) is 12.1 Å². The molecule has 1 heterocycles. The molecule has 3 aliphatic rings. The van der Waals surface area contributed by atoms with E-state index in [0.717, 1.165) is 64.1 Å². The first kappa shape index (κ1) is 16.0. The molecule has 5 heteroatoms. The molecule has 0 aromatic heterocycles. The summed E-state index contributed by atoms with van der Waals surface area (Å²) in [6, 6.07) is 6.40. The van der Waals surface area contributed by atoms with Crippen molar-refractivity contribution in [2.75, 3.05) is 32.8 Å². The van der Waals surface area contributed by atoms with Crippen LogP contribution in [0.25, 0.3) is 0 Å². The van der Waals surface area contributed by atoms with Crippen LogP contribution in [0, 0.1) is 5.82 Å². The van der Waals surface area contributed by atoms with Crippen LogP contribution >= 0.6 is 0 Å². The Morgan fingerprint density at radius 2 is 1.79 bits per heavy atom. The molecule has 24 heavy (non-hydrogen) atoms. The molecule has 1 aromatic rings. The lowest BCUT2D eigenvalue weighted by Gasteiger charge is -2.51. The number of amides is 1. The predicted octanol–water partition coefficient (Wildman–Crippen LogP) is 2.23. The number of carbonyl (C=O) groups excluding carboxylic acids is 1. The van der Waals surface area contributed by atoms with Crippen LogP contribution in [-0.4, -0.2) is 49.2 Å². The minimum absolute atomic E-state index is 0.105. The van der Waals surface area contributed by atoms with Gasteiger partial charge in [-0.05, 0) is 49.8 Å². The first-order valence-corrected chi connectivity index (χ1v) is 9.02. The molecule has 130 valence electrons.